The third-order valence-electron chi connectivity index (χ3n) is 5.18. The number of piperidine rings is 1. The van der Waals surface area contributed by atoms with Gasteiger partial charge in [0.15, 0.2) is 0 Å². The Morgan fingerprint density at radius 2 is 2.08 bits per heavy atom. The molecule has 1 N–H and O–H groups in total. The van der Waals surface area contributed by atoms with Crippen molar-refractivity contribution in [2.75, 3.05) is 39.3 Å². The predicted molar refractivity (Wildman–Crippen MR) is 100 cm³/mol. The minimum Gasteiger partial charge on any atom is -0.355 e. The molecule has 1 saturated heterocycles. The third kappa shape index (κ3) is 4.63. The van der Waals surface area contributed by atoms with Crippen LogP contribution in [-0.4, -0.2) is 72.6 Å². The molecule has 2 rings (SSSR count). The van der Waals surface area contributed by atoms with Crippen molar-refractivity contribution in [1.82, 2.24) is 24.3 Å². The molecule has 0 bridgehead atoms. The van der Waals surface area contributed by atoms with Crippen LogP contribution in [0.3, 0.4) is 0 Å². The maximum Gasteiger partial charge on any atom is 0.246 e. The van der Waals surface area contributed by atoms with Crippen LogP contribution in [0.4, 0.5) is 0 Å². The van der Waals surface area contributed by atoms with E-state index in [4.69, 9.17) is 0 Å². The van der Waals surface area contributed by atoms with Gasteiger partial charge in [0, 0.05) is 33.2 Å². The highest BCUT2D eigenvalue weighted by atomic mass is 32.2. The van der Waals surface area contributed by atoms with Crippen molar-refractivity contribution in [2.45, 2.75) is 38.5 Å². The van der Waals surface area contributed by atoms with Crippen LogP contribution < -0.4 is 5.32 Å². The summed E-state index contributed by atoms with van der Waals surface area (Å²) in [5, 5.41) is 6.99. The maximum absolute atomic E-state index is 12.9. The van der Waals surface area contributed by atoms with Gasteiger partial charge in [-0.2, -0.15) is 9.40 Å². The first-order chi connectivity index (χ1) is 12.3. The van der Waals surface area contributed by atoms with Gasteiger partial charge in [0.1, 0.15) is 4.90 Å². The summed E-state index contributed by atoms with van der Waals surface area (Å²) < 4.78 is 28.8. The monoisotopic (exact) mass is 385 g/mol. The second-order valence-electron chi connectivity index (χ2n) is 6.74. The minimum absolute atomic E-state index is 0.0556. The lowest BCUT2D eigenvalue weighted by Crippen LogP contribution is -2.46. The summed E-state index contributed by atoms with van der Waals surface area (Å²) in [7, 11) is -1.90. The number of sulfonamides is 1. The van der Waals surface area contributed by atoms with E-state index < -0.39 is 10.0 Å². The summed E-state index contributed by atoms with van der Waals surface area (Å²) in [6.07, 6.45) is 2.79. The van der Waals surface area contributed by atoms with Crippen molar-refractivity contribution in [3.63, 3.8) is 0 Å². The maximum atomic E-state index is 12.9. The fourth-order valence-corrected chi connectivity index (χ4v) is 4.98. The van der Waals surface area contributed by atoms with Crippen LogP contribution in [-0.2, 0) is 21.9 Å². The first-order valence-corrected chi connectivity index (χ1v) is 10.7. The van der Waals surface area contributed by atoms with Crippen LogP contribution in [0.25, 0.3) is 0 Å². The van der Waals surface area contributed by atoms with Gasteiger partial charge in [0.25, 0.3) is 0 Å². The van der Waals surface area contributed by atoms with Crippen LogP contribution in [0.2, 0.25) is 0 Å². The molecular weight excluding hydrogens is 354 g/mol. The Morgan fingerprint density at radius 1 is 1.38 bits per heavy atom. The van der Waals surface area contributed by atoms with Gasteiger partial charge in [0.05, 0.1) is 17.8 Å². The number of aryl methyl sites for hydroxylation is 1. The predicted octanol–water partition coefficient (Wildman–Crippen LogP) is 0.587. The molecule has 0 saturated carbocycles. The van der Waals surface area contributed by atoms with E-state index in [1.807, 2.05) is 0 Å². The van der Waals surface area contributed by atoms with Crippen molar-refractivity contribution in [2.24, 2.45) is 13.0 Å². The van der Waals surface area contributed by atoms with Crippen LogP contribution in [0.15, 0.2) is 11.1 Å². The number of nitrogens with zero attached hydrogens (tertiary/aromatic N) is 4. The van der Waals surface area contributed by atoms with E-state index in [9.17, 15) is 13.2 Å². The van der Waals surface area contributed by atoms with E-state index in [0.29, 0.717) is 25.2 Å². The zero-order valence-electron chi connectivity index (χ0n) is 16.2. The molecule has 8 nitrogen and oxygen atoms in total. The summed E-state index contributed by atoms with van der Waals surface area (Å²) in [6.45, 7) is 9.90. The molecule has 26 heavy (non-hydrogen) atoms. The second-order valence-corrected chi connectivity index (χ2v) is 8.64. The lowest BCUT2D eigenvalue weighted by atomic mass is 9.99. The van der Waals surface area contributed by atoms with Crippen LogP contribution >= 0.6 is 0 Å². The molecule has 1 aromatic rings. The van der Waals surface area contributed by atoms with Gasteiger partial charge in [-0.1, -0.05) is 13.8 Å². The summed E-state index contributed by atoms with van der Waals surface area (Å²) in [5.74, 6) is -0.354. The number of amides is 1. The molecule has 1 aliphatic rings. The standard InChI is InChI=1S/C17H31N5O3S/c1-5-21(6-2)11-9-18-17(23)15-8-7-10-22(13-15)26(24,25)16-12-19-20(4)14(16)3/h12,15H,5-11,13H2,1-4H3,(H,18,23). The lowest BCUT2D eigenvalue weighted by molar-refractivity contribution is -0.126. The number of hydrogen-bond acceptors (Lipinski definition) is 5. The molecule has 1 amide bonds. The number of carbonyl (C=O) groups is 1. The van der Waals surface area contributed by atoms with Gasteiger partial charge in [-0.25, -0.2) is 8.42 Å². The second kappa shape index (κ2) is 8.96. The van der Waals surface area contributed by atoms with Crippen molar-refractivity contribution in [1.29, 1.82) is 0 Å². The average molecular weight is 386 g/mol. The average Bonchev–Trinajstić information content (AvgIpc) is 2.98. The van der Waals surface area contributed by atoms with Gasteiger partial charge in [-0.3, -0.25) is 9.48 Å². The molecule has 0 aromatic carbocycles. The summed E-state index contributed by atoms with van der Waals surface area (Å²) >= 11 is 0. The number of rotatable bonds is 8. The van der Waals surface area contributed by atoms with E-state index >= 15 is 0 Å². The number of aromatic nitrogens is 2. The largest absolute Gasteiger partial charge is 0.355 e. The zero-order chi connectivity index (χ0) is 19.3. The number of nitrogens with one attached hydrogen (secondary N) is 1. The molecule has 2 heterocycles. The lowest BCUT2D eigenvalue weighted by Gasteiger charge is -2.31. The summed E-state index contributed by atoms with van der Waals surface area (Å²) in [4.78, 5) is 14.9. The highest BCUT2D eigenvalue weighted by molar-refractivity contribution is 7.89. The quantitative estimate of drug-likeness (QED) is 0.708. The van der Waals surface area contributed by atoms with Crippen molar-refractivity contribution in [3.05, 3.63) is 11.9 Å². The molecule has 1 fully saturated rings. The van der Waals surface area contributed by atoms with Crippen LogP contribution in [0, 0.1) is 12.8 Å². The SMILES string of the molecule is CCN(CC)CCNC(=O)C1CCCN(S(=O)(=O)c2cnn(C)c2C)C1. The first-order valence-electron chi connectivity index (χ1n) is 9.30. The Morgan fingerprint density at radius 3 is 2.65 bits per heavy atom. The van der Waals surface area contributed by atoms with E-state index in [0.717, 1.165) is 26.1 Å². The van der Waals surface area contributed by atoms with Crippen molar-refractivity contribution >= 4 is 15.9 Å². The molecule has 0 spiro atoms. The molecule has 1 unspecified atom stereocenters. The van der Waals surface area contributed by atoms with Gasteiger partial charge in [-0.15, -0.1) is 0 Å². The highest BCUT2D eigenvalue weighted by Crippen LogP contribution is 2.25. The molecule has 0 radical (unpaired) electrons. The summed E-state index contributed by atoms with van der Waals surface area (Å²) in [5.41, 5.74) is 0.607. The molecule has 0 aliphatic carbocycles. The molecular formula is C17H31N5O3S. The van der Waals surface area contributed by atoms with E-state index in [1.54, 1.807) is 18.7 Å². The molecule has 1 aromatic heterocycles. The zero-order valence-corrected chi connectivity index (χ0v) is 17.0. The number of carbonyl (C=O) groups excluding carboxylic acids is 1. The smallest absolute Gasteiger partial charge is 0.246 e. The Hall–Kier alpha value is -1.45. The minimum atomic E-state index is -3.62. The molecule has 148 valence electrons. The van der Waals surface area contributed by atoms with E-state index in [2.05, 4.69) is 29.2 Å². The number of hydrogen-bond donors (Lipinski definition) is 1. The Bertz CT molecular complexity index is 712. The highest BCUT2D eigenvalue weighted by Gasteiger charge is 2.34. The van der Waals surface area contributed by atoms with Crippen molar-refractivity contribution < 1.29 is 13.2 Å². The van der Waals surface area contributed by atoms with Crippen LogP contribution in [0.5, 0.6) is 0 Å². The Balaban J connectivity index is 1.98. The number of likely N-dealkylation sites (N-methyl/N-ethyl adjacent to an activating group) is 1. The van der Waals surface area contributed by atoms with E-state index in [-0.39, 0.29) is 23.3 Å². The van der Waals surface area contributed by atoms with Gasteiger partial charge in [0.2, 0.25) is 15.9 Å². The van der Waals surface area contributed by atoms with E-state index in [1.165, 1.54) is 10.5 Å². The molecule has 1 aliphatic heterocycles. The third-order valence-corrected chi connectivity index (χ3v) is 7.15. The van der Waals surface area contributed by atoms with Crippen LogP contribution in [0.1, 0.15) is 32.4 Å². The Kier molecular flexibility index (Phi) is 7.19. The van der Waals surface area contributed by atoms with Crippen molar-refractivity contribution in [3.8, 4) is 0 Å². The molecule has 1 atom stereocenters. The fourth-order valence-electron chi connectivity index (χ4n) is 3.27. The summed E-state index contributed by atoms with van der Waals surface area (Å²) in [6, 6.07) is 0. The first kappa shape index (κ1) is 20.9. The van der Waals surface area contributed by atoms with Gasteiger partial charge >= 0.3 is 0 Å². The fraction of sp³-hybridized carbons (Fsp3) is 0.765. The molecule has 9 heteroatoms. The van der Waals surface area contributed by atoms with Gasteiger partial charge in [-0.05, 0) is 32.9 Å². The van der Waals surface area contributed by atoms with Gasteiger partial charge < -0.3 is 10.2 Å². The normalized spacial score (nSPS) is 19.0. The Labute approximate surface area is 156 Å². The topological polar surface area (TPSA) is 87.5 Å².